The normalized spacial score (nSPS) is 11.1. The van der Waals surface area contributed by atoms with Gasteiger partial charge in [-0.15, -0.1) is 0 Å². The number of carbonyl (C=O) groups is 1. The number of hydrogen-bond acceptors (Lipinski definition) is 6. The van der Waals surface area contributed by atoms with Crippen molar-refractivity contribution in [2.24, 2.45) is 5.84 Å². The van der Waals surface area contributed by atoms with E-state index in [1.165, 1.54) is 17.7 Å². The van der Waals surface area contributed by atoms with Crippen molar-refractivity contribution in [1.82, 2.24) is 15.0 Å². The SMILES string of the molecule is COc1cc(/C=C/c2nc3ccc(Br)cc3c(=O)n2-c2ccc(C(=O)NN)cc2)ccc1O. The molecule has 0 radical (unpaired) electrons. The van der Waals surface area contributed by atoms with Gasteiger partial charge in [-0.2, -0.15) is 0 Å². The van der Waals surface area contributed by atoms with E-state index in [0.29, 0.717) is 33.7 Å². The molecule has 0 saturated carbocycles. The molecule has 0 bridgehead atoms. The molecular formula is C24H19BrN4O4. The summed E-state index contributed by atoms with van der Waals surface area (Å²) in [5, 5.41) is 10.3. The lowest BCUT2D eigenvalue weighted by Crippen LogP contribution is -2.30. The second-order valence-corrected chi connectivity index (χ2v) is 7.97. The number of aromatic hydroxyl groups is 1. The van der Waals surface area contributed by atoms with Gasteiger partial charge in [0.1, 0.15) is 5.82 Å². The van der Waals surface area contributed by atoms with Crippen LogP contribution in [-0.4, -0.2) is 27.7 Å². The van der Waals surface area contributed by atoms with Crippen LogP contribution in [0.5, 0.6) is 11.5 Å². The second kappa shape index (κ2) is 9.27. The average molecular weight is 507 g/mol. The lowest BCUT2D eigenvalue weighted by atomic mass is 10.1. The average Bonchev–Trinajstić information content (AvgIpc) is 2.83. The fourth-order valence-electron chi connectivity index (χ4n) is 3.35. The molecule has 0 aliphatic rings. The molecule has 0 aliphatic heterocycles. The third-order valence-electron chi connectivity index (χ3n) is 5.00. The van der Waals surface area contributed by atoms with E-state index in [1.54, 1.807) is 60.7 Å². The molecule has 4 rings (SSSR count). The Morgan fingerprint density at radius 2 is 1.88 bits per heavy atom. The number of nitrogens with two attached hydrogens (primary N) is 1. The van der Waals surface area contributed by atoms with Crippen LogP contribution in [0.1, 0.15) is 21.7 Å². The zero-order valence-corrected chi connectivity index (χ0v) is 19.0. The molecular weight excluding hydrogens is 488 g/mol. The standard InChI is InChI=1S/C24H19BrN4O4/c1-33-21-12-14(2-10-20(21)30)3-11-22-27-19-9-6-16(25)13-18(19)24(32)29(22)17-7-4-15(5-8-17)23(31)28-26/h2-13,30H,26H2,1H3,(H,28,31)/b11-3+. The molecule has 4 N–H and O–H groups in total. The van der Waals surface area contributed by atoms with E-state index in [-0.39, 0.29) is 11.3 Å². The van der Waals surface area contributed by atoms with Crippen molar-refractivity contribution in [2.45, 2.75) is 0 Å². The number of amides is 1. The summed E-state index contributed by atoms with van der Waals surface area (Å²) in [6, 6.07) is 16.7. The molecule has 8 nitrogen and oxygen atoms in total. The maximum Gasteiger partial charge on any atom is 0.266 e. The van der Waals surface area contributed by atoms with Crippen LogP contribution in [0, 0.1) is 0 Å². The van der Waals surface area contributed by atoms with E-state index in [9.17, 15) is 14.7 Å². The van der Waals surface area contributed by atoms with Crippen LogP contribution in [0.15, 0.2) is 69.9 Å². The van der Waals surface area contributed by atoms with Gasteiger partial charge in [0.05, 0.1) is 23.7 Å². The first-order valence-corrected chi connectivity index (χ1v) is 10.6. The van der Waals surface area contributed by atoms with Crippen molar-refractivity contribution in [3.63, 3.8) is 0 Å². The molecule has 0 spiro atoms. The summed E-state index contributed by atoms with van der Waals surface area (Å²) in [7, 11) is 1.47. The first kappa shape index (κ1) is 22.3. The molecule has 4 aromatic rings. The van der Waals surface area contributed by atoms with Crippen LogP contribution >= 0.6 is 15.9 Å². The zero-order valence-electron chi connectivity index (χ0n) is 17.4. The molecule has 1 heterocycles. The molecule has 0 aliphatic carbocycles. The number of methoxy groups -OCH3 is 1. The second-order valence-electron chi connectivity index (χ2n) is 7.06. The Balaban J connectivity index is 1.88. The van der Waals surface area contributed by atoms with Gasteiger partial charge in [-0.05, 0) is 66.2 Å². The van der Waals surface area contributed by atoms with Crippen LogP contribution < -0.4 is 21.6 Å². The number of benzene rings is 3. The van der Waals surface area contributed by atoms with Crippen molar-refractivity contribution in [1.29, 1.82) is 0 Å². The number of nitrogens with one attached hydrogen (secondary N) is 1. The summed E-state index contributed by atoms with van der Waals surface area (Å²) in [6.07, 6.45) is 3.47. The van der Waals surface area contributed by atoms with Crippen molar-refractivity contribution in [3.05, 3.63) is 92.4 Å². The summed E-state index contributed by atoms with van der Waals surface area (Å²) in [5.74, 6) is 5.52. The topological polar surface area (TPSA) is 119 Å². The van der Waals surface area contributed by atoms with Gasteiger partial charge in [-0.25, -0.2) is 10.8 Å². The monoisotopic (exact) mass is 506 g/mol. The smallest absolute Gasteiger partial charge is 0.266 e. The fraction of sp³-hybridized carbons (Fsp3) is 0.0417. The minimum atomic E-state index is -0.434. The zero-order chi connectivity index (χ0) is 23.5. The Kier molecular flexibility index (Phi) is 6.25. The summed E-state index contributed by atoms with van der Waals surface area (Å²) in [4.78, 5) is 29.9. The minimum Gasteiger partial charge on any atom is -0.504 e. The first-order chi connectivity index (χ1) is 15.9. The van der Waals surface area contributed by atoms with E-state index in [2.05, 4.69) is 26.3 Å². The van der Waals surface area contributed by atoms with Gasteiger partial charge in [-0.3, -0.25) is 19.6 Å². The van der Waals surface area contributed by atoms with Crippen LogP contribution in [0.2, 0.25) is 0 Å². The molecule has 0 atom stereocenters. The van der Waals surface area contributed by atoms with Gasteiger partial charge in [0.25, 0.3) is 11.5 Å². The van der Waals surface area contributed by atoms with Crippen molar-refractivity contribution in [3.8, 4) is 17.2 Å². The van der Waals surface area contributed by atoms with Gasteiger partial charge < -0.3 is 9.84 Å². The number of ether oxygens (including phenoxy) is 1. The number of fused-ring (bicyclic) bond motifs is 1. The quantitative estimate of drug-likeness (QED) is 0.216. The number of phenolic OH excluding ortho intramolecular Hbond substituents is 1. The molecule has 1 amide bonds. The molecule has 0 unspecified atom stereocenters. The number of nitrogens with zero attached hydrogens (tertiary/aromatic N) is 2. The molecule has 33 heavy (non-hydrogen) atoms. The van der Waals surface area contributed by atoms with Gasteiger partial charge in [0, 0.05) is 10.0 Å². The van der Waals surface area contributed by atoms with Crippen molar-refractivity contribution >= 4 is 44.9 Å². The molecule has 166 valence electrons. The van der Waals surface area contributed by atoms with Crippen molar-refractivity contribution in [2.75, 3.05) is 7.11 Å². The third kappa shape index (κ3) is 4.50. The number of hydrogen-bond donors (Lipinski definition) is 3. The maximum atomic E-state index is 13.4. The highest BCUT2D eigenvalue weighted by Gasteiger charge is 2.13. The molecule has 0 saturated heterocycles. The van der Waals surface area contributed by atoms with Gasteiger partial charge in [0.15, 0.2) is 11.5 Å². The van der Waals surface area contributed by atoms with Gasteiger partial charge >= 0.3 is 0 Å². The van der Waals surface area contributed by atoms with Crippen LogP contribution in [0.25, 0.3) is 28.7 Å². The number of nitrogen functional groups attached to an aromatic ring is 1. The Bertz CT molecular complexity index is 1450. The number of aromatic nitrogens is 2. The number of carbonyl (C=O) groups excluding carboxylic acids is 1. The van der Waals surface area contributed by atoms with E-state index in [4.69, 9.17) is 10.6 Å². The predicted octanol–water partition coefficient (Wildman–Crippen LogP) is 3.64. The summed E-state index contributed by atoms with van der Waals surface area (Å²) < 4.78 is 7.38. The first-order valence-electron chi connectivity index (χ1n) is 9.80. The summed E-state index contributed by atoms with van der Waals surface area (Å²) >= 11 is 3.40. The highest BCUT2D eigenvalue weighted by Crippen LogP contribution is 2.27. The highest BCUT2D eigenvalue weighted by molar-refractivity contribution is 9.10. The van der Waals surface area contributed by atoms with Crippen LogP contribution in [0.3, 0.4) is 0 Å². The lowest BCUT2D eigenvalue weighted by molar-refractivity contribution is 0.0953. The molecule has 0 fully saturated rings. The number of phenols is 1. The van der Waals surface area contributed by atoms with E-state index < -0.39 is 5.91 Å². The van der Waals surface area contributed by atoms with Crippen LogP contribution in [-0.2, 0) is 0 Å². The number of rotatable bonds is 5. The summed E-state index contributed by atoms with van der Waals surface area (Å²) in [5.41, 5.74) is 4.00. The van der Waals surface area contributed by atoms with E-state index >= 15 is 0 Å². The van der Waals surface area contributed by atoms with E-state index in [1.807, 2.05) is 6.07 Å². The van der Waals surface area contributed by atoms with Gasteiger partial charge in [-0.1, -0.05) is 28.1 Å². The summed E-state index contributed by atoms with van der Waals surface area (Å²) in [6.45, 7) is 0. The largest absolute Gasteiger partial charge is 0.504 e. The maximum absolute atomic E-state index is 13.4. The van der Waals surface area contributed by atoms with E-state index in [0.717, 1.165) is 10.0 Å². The molecule has 9 heteroatoms. The predicted molar refractivity (Wildman–Crippen MR) is 130 cm³/mol. The Labute approximate surface area is 197 Å². The Morgan fingerprint density at radius 3 is 2.58 bits per heavy atom. The minimum absolute atomic E-state index is 0.0302. The molecule has 1 aromatic heterocycles. The third-order valence-corrected chi connectivity index (χ3v) is 5.50. The highest BCUT2D eigenvalue weighted by atomic mass is 79.9. The number of halogens is 1. The Morgan fingerprint density at radius 1 is 1.12 bits per heavy atom. The lowest BCUT2D eigenvalue weighted by Gasteiger charge is -2.12. The number of hydrazine groups is 1. The fourth-order valence-corrected chi connectivity index (χ4v) is 3.71. The van der Waals surface area contributed by atoms with Crippen LogP contribution in [0.4, 0.5) is 0 Å². The van der Waals surface area contributed by atoms with Crippen molar-refractivity contribution < 1.29 is 14.6 Å². The van der Waals surface area contributed by atoms with Gasteiger partial charge in [0.2, 0.25) is 0 Å². The Hall–Kier alpha value is -3.95. The molecule has 3 aromatic carbocycles.